The fourth-order valence-corrected chi connectivity index (χ4v) is 1.95. The molecule has 2 aromatic rings. The van der Waals surface area contributed by atoms with Crippen LogP contribution >= 0.6 is 24.8 Å². The van der Waals surface area contributed by atoms with Gasteiger partial charge in [-0.15, -0.1) is 24.8 Å². The van der Waals surface area contributed by atoms with E-state index in [0.717, 1.165) is 17.4 Å². The molecule has 0 aliphatic carbocycles. The van der Waals surface area contributed by atoms with Crippen molar-refractivity contribution in [2.45, 2.75) is 0 Å². The van der Waals surface area contributed by atoms with E-state index in [-0.39, 0.29) is 30.7 Å². The second-order valence-corrected chi connectivity index (χ2v) is 4.38. The summed E-state index contributed by atoms with van der Waals surface area (Å²) in [5.41, 5.74) is 1.35. The molecule has 0 aliphatic heterocycles. The van der Waals surface area contributed by atoms with Crippen molar-refractivity contribution in [2.24, 2.45) is 0 Å². The number of halogens is 2. The number of carbonyl (C=O) groups excluding carboxylic acids is 1. The SMILES string of the molecule is COCCNCCNC(=O)c1cccc2cccnc12.Cl.Cl. The molecular formula is C15H21Cl2N3O2. The Morgan fingerprint density at radius 2 is 1.91 bits per heavy atom. The number of methoxy groups -OCH3 is 1. The summed E-state index contributed by atoms with van der Waals surface area (Å²) in [6.45, 7) is 2.74. The molecule has 0 fully saturated rings. The molecule has 122 valence electrons. The number of hydrogen-bond acceptors (Lipinski definition) is 4. The largest absolute Gasteiger partial charge is 0.383 e. The quantitative estimate of drug-likeness (QED) is 0.754. The molecule has 1 aromatic carbocycles. The van der Waals surface area contributed by atoms with Crippen LogP contribution in [0.15, 0.2) is 36.5 Å². The molecule has 7 heteroatoms. The number of nitrogens with zero attached hydrogens (tertiary/aromatic N) is 1. The Labute approximate surface area is 142 Å². The van der Waals surface area contributed by atoms with Crippen molar-refractivity contribution in [3.63, 3.8) is 0 Å². The molecular weight excluding hydrogens is 325 g/mol. The normalized spacial score (nSPS) is 9.68. The minimum absolute atomic E-state index is 0. The Morgan fingerprint density at radius 1 is 1.14 bits per heavy atom. The lowest BCUT2D eigenvalue weighted by Crippen LogP contribution is -2.33. The summed E-state index contributed by atoms with van der Waals surface area (Å²) in [5.74, 6) is -0.0946. The van der Waals surface area contributed by atoms with E-state index in [2.05, 4.69) is 15.6 Å². The highest BCUT2D eigenvalue weighted by Crippen LogP contribution is 2.15. The van der Waals surface area contributed by atoms with Crippen molar-refractivity contribution < 1.29 is 9.53 Å². The standard InChI is InChI=1S/C15H19N3O2.2ClH/c1-20-11-10-16-8-9-18-15(19)13-6-2-4-12-5-3-7-17-14(12)13;;/h2-7,16H,8-11H2,1H3,(H,18,19);2*1H. The van der Waals surface area contributed by atoms with Gasteiger partial charge in [-0.3, -0.25) is 9.78 Å². The maximum Gasteiger partial charge on any atom is 0.253 e. The Kier molecular flexibility index (Phi) is 10.5. The molecule has 0 saturated carbocycles. The third kappa shape index (κ3) is 5.77. The van der Waals surface area contributed by atoms with Crippen LogP contribution in [0, 0.1) is 0 Å². The molecule has 2 rings (SSSR count). The first-order valence-corrected chi connectivity index (χ1v) is 6.64. The van der Waals surface area contributed by atoms with Crippen LogP contribution in [-0.4, -0.2) is 44.2 Å². The first kappa shape index (κ1) is 20.6. The lowest BCUT2D eigenvalue weighted by molar-refractivity contribution is 0.0955. The van der Waals surface area contributed by atoms with Gasteiger partial charge in [-0.25, -0.2) is 0 Å². The molecule has 5 nitrogen and oxygen atoms in total. The van der Waals surface area contributed by atoms with Gasteiger partial charge in [-0.2, -0.15) is 0 Å². The summed E-state index contributed by atoms with van der Waals surface area (Å²) in [6.07, 6.45) is 1.70. The van der Waals surface area contributed by atoms with Crippen LogP contribution in [0.1, 0.15) is 10.4 Å². The zero-order valence-corrected chi connectivity index (χ0v) is 14.0. The first-order chi connectivity index (χ1) is 9.83. The molecule has 1 aromatic heterocycles. The van der Waals surface area contributed by atoms with Gasteiger partial charge in [0.15, 0.2) is 0 Å². The molecule has 22 heavy (non-hydrogen) atoms. The van der Waals surface area contributed by atoms with E-state index in [9.17, 15) is 4.79 Å². The van der Waals surface area contributed by atoms with Crippen LogP contribution in [0.5, 0.6) is 0 Å². The Hall–Kier alpha value is -1.40. The van der Waals surface area contributed by atoms with Crippen molar-refractivity contribution in [1.82, 2.24) is 15.6 Å². The fraction of sp³-hybridized carbons (Fsp3) is 0.333. The summed E-state index contributed by atoms with van der Waals surface area (Å²) in [4.78, 5) is 16.4. The van der Waals surface area contributed by atoms with Crippen molar-refractivity contribution in [2.75, 3.05) is 33.4 Å². The van der Waals surface area contributed by atoms with Crippen LogP contribution in [0.3, 0.4) is 0 Å². The topological polar surface area (TPSA) is 63.2 Å². The minimum Gasteiger partial charge on any atom is -0.383 e. The fourth-order valence-electron chi connectivity index (χ4n) is 1.95. The number of pyridine rings is 1. The van der Waals surface area contributed by atoms with Gasteiger partial charge in [0.05, 0.1) is 17.7 Å². The van der Waals surface area contributed by atoms with Crippen molar-refractivity contribution >= 4 is 41.6 Å². The number of aromatic nitrogens is 1. The Bertz CT molecular complexity index is 576. The van der Waals surface area contributed by atoms with Crippen molar-refractivity contribution in [3.05, 3.63) is 42.1 Å². The number of para-hydroxylation sites is 1. The zero-order chi connectivity index (χ0) is 14.2. The molecule has 0 bridgehead atoms. The summed E-state index contributed by atoms with van der Waals surface area (Å²) in [6, 6.07) is 9.43. The monoisotopic (exact) mass is 345 g/mol. The van der Waals surface area contributed by atoms with Crippen molar-refractivity contribution in [1.29, 1.82) is 0 Å². The summed E-state index contributed by atoms with van der Waals surface area (Å²) in [7, 11) is 1.66. The maximum atomic E-state index is 12.1. The highest BCUT2D eigenvalue weighted by atomic mass is 35.5. The van der Waals surface area contributed by atoms with Gasteiger partial charge in [-0.05, 0) is 12.1 Å². The van der Waals surface area contributed by atoms with E-state index >= 15 is 0 Å². The number of carbonyl (C=O) groups is 1. The number of amides is 1. The van der Waals surface area contributed by atoms with E-state index in [1.165, 1.54) is 0 Å². The molecule has 2 N–H and O–H groups in total. The number of rotatable bonds is 7. The lowest BCUT2D eigenvalue weighted by Gasteiger charge is -2.08. The third-order valence-electron chi connectivity index (χ3n) is 2.95. The van der Waals surface area contributed by atoms with Crippen LogP contribution < -0.4 is 10.6 Å². The predicted octanol–water partition coefficient (Wildman–Crippen LogP) is 2.04. The number of fused-ring (bicyclic) bond motifs is 1. The average Bonchev–Trinajstić information content (AvgIpc) is 2.50. The highest BCUT2D eigenvalue weighted by Gasteiger charge is 2.09. The summed E-state index contributed by atoms with van der Waals surface area (Å²) in [5, 5.41) is 7.03. The number of benzene rings is 1. The highest BCUT2D eigenvalue weighted by molar-refractivity contribution is 6.05. The molecule has 1 amide bonds. The van der Waals surface area contributed by atoms with E-state index < -0.39 is 0 Å². The summed E-state index contributed by atoms with van der Waals surface area (Å²) < 4.78 is 4.93. The van der Waals surface area contributed by atoms with Gasteiger partial charge in [0, 0.05) is 38.3 Å². The van der Waals surface area contributed by atoms with Gasteiger partial charge >= 0.3 is 0 Å². The zero-order valence-electron chi connectivity index (χ0n) is 12.4. The molecule has 0 radical (unpaired) electrons. The van der Waals surface area contributed by atoms with Gasteiger partial charge in [-0.1, -0.05) is 18.2 Å². The molecule has 0 spiro atoms. The average molecular weight is 346 g/mol. The van der Waals surface area contributed by atoms with Crippen LogP contribution in [0.2, 0.25) is 0 Å². The van der Waals surface area contributed by atoms with Crippen LogP contribution in [-0.2, 0) is 4.74 Å². The molecule has 0 atom stereocenters. The third-order valence-corrected chi connectivity index (χ3v) is 2.95. The molecule has 1 heterocycles. The second-order valence-electron chi connectivity index (χ2n) is 4.38. The summed E-state index contributed by atoms with van der Waals surface area (Å²) >= 11 is 0. The number of nitrogens with one attached hydrogen (secondary N) is 2. The molecule has 0 unspecified atom stereocenters. The van der Waals surface area contributed by atoms with Gasteiger partial charge in [0.2, 0.25) is 0 Å². The number of hydrogen-bond donors (Lipinski definition) is 2. The van der Waals surface area contributed by atoms with Gasteiger partial charge in [0.1, 0.15) is 0 Å². The van der Waals surface area contributed by atoms with E-state index in [0.29, 0.717) is 25.3 Å². The Balaban J connectivity index is 0.00000220. The second kappa shape index (κ2) is 11.2. The molecule has 0 saturated heterocycles. The van der Waals surface area contributed by atoms with Crippen LogP contribution in [0.4, 0.5) is 0 Å². The van der Waals surface area contributed by atoms with E-state index in [1.54, 1.807) is 19.4 Å². The lowest BCUT2D eigenvalue weighted by atomic mass is 10.1. The predicted molar refractivity (Wildman–Crippen MR) is 93.3 cm³/mol. The minimum atomic E-state index is -0.0946. The smallest absolute Gasteiger partial charge is 0.253 e. The van der Waals surface area contributed by atoms with Gasteiger partial charge in [0.25, 0.3) is 5.91 Å². The van der Waals surface area contributed by atoms with Gasteiger partial charge < -0.3 is 15.4 Å². The number of ether oxygens (including phenoxy) is 1. The first-order valence-electron chi connectivity index (χ1n) is 6.64. The Morgan fingerprint density at radius 3 is 2.68 bits per heavy atom. The molecule has 0 aliphatic rings. The van der Waals surface area contributed by atoms with E-state index in [4.69, 9.17) is 4.74 Å². The maximum absolute atomic E-state index is 12.1. The van der Waals surface area contributed by atoms with E-state index in [1.807, 2.05) is 24.3 Å². The van der Waals surface area contributed by atoms with Crippen molar-refractivity contribution in [3.8, 4) is 0 Å². The van der Waals surface area contributed by atoms with Crippen LogP contribution in [0.25, 0.3) is 10.9 Å².